The van der Waals surface area contributed by atoms with Crippen LogP contribution < -0.4 is 20.4 Å². The summed E-state index contributed by atoms with van der Waals surface area (Å²) in [7, 11) is 1.66. The van der Waals surface area contributed by atoms with Crippen molar-refractivity contribution in [1.29, 1.82) is 0 Å². The third kappa shape index (κ3) is 5.56. The zero-order chi connectivity index (χ0) is 24.2. The van der Waals surface area contributed by atoms with Crippen LogP contribution >= 0.6 is 0 Å². The summed E-state index contributed by atoms with van der Waals surface area (Å²) >= 11 is 0. The van der Waals surface area contributed by atoms with Crippen LogP contribution in [0.3, 0.4) is 0 Å². The number of carbonyl (C=O) groups excluding carboxylic acids is 1. The Bertz CT molecular complexity index is 1090. The monoisotopic (exact) mass is 448 g/mol. The van der Waals surface area contributed by atoms with E-state index in [1.54, 1.807) is 13.3 Å². The van der Waals surface area contributed by atoms with E-state index in [1.807, 2.05) is 18.2 Å². The second kappa shape index (κ2) is 10.1. The fourth-order valence-corrected chi connectivity index (χ4v) is 4.28. The molecule has 1 aliphatic rings. The zero-order valence-electron chi connectivity index (χ0n) is 20.9. The van der Waals surface area contributed by atoms with Crippen molar-refractivity contribution < 1.29 is 9.53 Å². The van der Waals surface area contributed by atoms with Gasteiger partial charge in [-0.2, -0.15) is 5.10 Å². The van der Waals surface area contributed by atoms with Crippen LogP contribution in [0.25, 0.3) is 5.57 Å². The number of hydrogen-bond acceptors (Lipinski definition) is 5. The molecule has 0 radical (unpaired) electrons. The van der Waals surface area contributed by atoms with Crippen LogP contribution in [0.1, 0.15) is 56.4 Å². The maximum atomic E-state index is 12.2. The summed E-state index contributed by atoms with van der Waals surface area (Å²) in [5, 5.41) is 7.31. The number of benzene rings is 2. The molecule has 0 atom stereocenters. The summed E-state index contributed by atoms with van der Waals surface area (Å²) in [6.45, 7) is 14.0. The van der Waals surface area contributed by atoms with Crippen LogP contribution in [-0.4, -0.2) is 37.9 Å². The highest BCUT2D eigenvalue weighted by Gasteiger charge is 2.31. The van der Waals surface area contributed by atoms with Gasteiger partial charge in [-0.15, -0.1) is 0 Å². The number of hydrogen-bond donors (Lipinski definition) is 2. The molecular formula is C27H36N4O2. The van der Waals surface area contributed by atoms with E-state index in [9.17, 15) is 4.79 Å². The number of anilines is 2. The van der Waals surface area contributed by atoms with Gasteiger partial charge in [0.1, 0.15) is 5.75 Å². The van der Waals surface area contributed by atoms with Gasteiger partial charge in [0.05, 0.1) is 25.4 Å². The van der Waals surface area contributed by atoms with Crippen LogP contribution in [-0.2, 0) is 4.79 Å². The number of ether oxygens (including phenoxy) is 1. The molecule has 2 aromatic rings. The quantitative estimate of drug-likeness (QED) is 0.426. The molecule has 0 aromatic heterocycles. The highest BCUT2D eigenvalue weighted by atomic mass is 16.5. The number of methoxy groups -OCH3 is 1. The lowest BCUT2D eigenvalue weighted by Gasteiger charge is -2.43. The molecule has 3 rings (SSSR count). The first kappa shape index (κ1) is 24.4. The van der Waals surface area contributed by atoms with Crippen molar-refractivity contribution in [3.8, 4) is 5.75 Å². The van der Waals surface area contributed by atoms with Crippen LogP contribution in [0.2, 0.25) is 0 Å². The third-order valence-electron chi connectivity index (χ3n) is 6.13. The van der Waals surface area contributed by atoms with E-state index in [4.69, 9.17) is 4.74 Å². The SMILES string of the molecule is CCCN1c2cc(OC)c(/C=N\NC(=O)CNc3ccc(C)c(C)c3)cc2C(C)=CC1(C)C. The van der Waals surface area contributed by atoms with Gasteiger partial charge in [0, 0.05) is 35.1 Å². The summed E-state index contributed by atoms with van der Waals surface area (Å²) in [4.78, 5) is 14.7. The Hall–Kier alpha value is -3.28. The Balaban J connectivity index is 1.73. The predicted octanol–water partition coefficient (Wildman–Crippen LogP) is 5.29. The van der Waals surface area contributed by atoms with E-state index in [0.29, 0.717) is 0 Å². The van der Waals surface area contributed by atoms with E-state index in [0.717, 1.165) is 41.2 Å². The molecule has 2 N–H and O–H groups in total. The highest BCUT2D eigenvalue weighted by Crippen LogP contribution is 2.41. The van der Waals surface area contributed by atoms with Gasteiger partial charge in [-0.1, -0.05) is 19.1 Å². The first-order valence-electron chi connectivity index (χ1n) is 11.5. The molecule has 1 aliphatic heterocycles. The van der Waals surface area contributed by atoms with Crippen molar-refractivity contribution in [3.63, 3.8) is 0 Å². The van der Waals surface area contributed by atoms with Gasteiger partial charge in [0.15, 0.2) is 0 Å². The number of rotatable bonds is 8. The Morgan fingerprint density at radius 2 is 1.91 bits per heavy atom. The van der Waals surface area contributed by atoms with Crippen molar-refractivity contribution in [2.24, 2.45) is 5.10 Å². The van der Waals surface area contributed by atoms with Crippen LogP contribution in [0.15, 0.2) is 41.5 Å². The minimum Gasteiger partial charge on any atom is -0.496 e. The molecule has 33 heavy (non-hydrogen) atoms. The average molecular weight is 449 g/mol. The highest BCUT2D eigenvalue weighted by molar-refractivity contribution is 5.91. The van der Waals surface area contributed by atoms with Crippen LogP contribution in [0, 0.1) is 13.8 Å². The molecule has 0 unspecified atom stereocenters. The number of fused-ring (bicyclic) bond motifs is 1. The minimum atomic E-state index is -0.214. The average Bonchev–Trinajstić information content (AvgIpc) is 2.77. The Kier molecular flexibility index (Phi) is 7.46. The number of carbonyl (C=O) groups is 1. The summed E-state index contributed by atoms with van der Waals surface area (Å²) in [6, 6.07) is 10.2. The number of aryl methyl sites for hydroxylation is 2. The molecule has 1 heterocycles. The first-order chi connectivity index (χ1) is 15.7. The number of hydrazone groups is 1. The minimum absolute atomic E-state index is 0.0648. The number of nitrogens with one attached hydrogen (secondary N) is 2. The standard InChI is InChI=1S/C27H36N4O2/c1-8-11-31-24-14-25(33-7)21(13-23(24)20(4)15-27(31,5)6)16-29-30-26(32)17-28-22-10-9-18(2)19(3)12-22/h9-10,12-16,28H,8,11,17H2,1-7H3,(H,30,32)/b29-16-. The predicted molar refractivity (Wildman–Crippen MR) is 139 cm³/mol. The van der Waals surface area contributed by atoms with Crippen molar-refractivity contribution in [2.75, 3.05) is 30.4 Å². The molecule has 0 spiro atoms. The number of amides is 1. The number of nitrogens with zero attached hydrogens (tertiary/aromatic N) is 2. The van der Waals surface area contributed by atoms with E-state index in [-0.39, 0.29) is 18.0 Å². The second-order valence-corrected chi connectivity index (χ2v) is 9.19. The summed E-state index contributed by atoms with van der Waals surface area (Å²) in [5.41, 5.74) is 10.2. The molecule has 1 amide bonds. The third-order valence-corrected chi connectivity index (χ3v) is 6.13. The van der Waals surface area contributed by atoms with Crippen molar-refractivity contribution in [3.05, 3.63) is 58.7 Å². The molecule has 2 aromatic carbocycles. The smallest absolute Gasteiger partial charge is 0.259 e. The topological polar surface area (TPSA) is 66.0 Å². The fraction of sp³-hybridized carbons (Fsp3) is 0.407. The fourth-order valence-electron chi connectivity index (χ4n) is 4.28. The van der Waals surface area contributed by atoms with Gasteiger partial charge >= 0.3 is 0 Å². The summed E-state index contributed by atoms with van der Waals surface area (Å²) < 4.78 is 5.66. The summed E-state index contributed by atoms with van der Waals surface area (Å²) in [6.07, 6.45) is 5.01. The Labute approximate surface area is 197 Å². The van der Waals surface area contributed by atoms with Crippen molar-refractivity contribution in [2.45, 2.75) is 53.5 Å². The van der Waals surface area contributed by atoms with Gasteiger partial charge in [0.25, 0.3) is 5.91 Å². The van der Waals surface area contributed by atoms with Gasteiger partial charge < -0.3 is 15.0 Å². The molecule has 0 bridgehead atoms. The van der Waals surface area contributed by atoms with Gasteiger partial charge in [0.2, 0.25) is 0 Å². The second-order valence-electron chi connectivity index (χ2n) is 9.19. The molecule has 6 heteroatoms. The Morgan fingerprint density at radius 3 is 2.58 bits per heavy atom. The zero-order valence-corrected chi connectivity index (χ0v) is 20.9. The molecule has 176 valence electrons. The normalized spacial score (nSPS) is 14.6. The lowest BCUT2D eigenvalue weighted by atomic mass is 9.87. The largest absolute Gasteiger partial charge is 0.496 e. The molecule has 6 nitrogen and oxygen atoms in total. The van der Waals surface area contributed by atoms with Gasteiger partial charge in [-0.25, -0.2) is 5.43 Å². The molecule has 0 saturated carbocycles. The maximum absolute atomic E-state index is 12.2. The maximum Gasteiger partial charge on any atom is 0.259 e. The first-order valence-corrected chi connectivity index (χ1v) is 11.5. The molecule has 0 saturated heterocycles. The van der Waals surface area contributed by atoms with E-state index >= 15 is 0 Å². The molecule has 0 fully saturated rings. The summed E-state index contributed by atoms with van der Waals surface area (Å²) in [5.74, 6) is 0.514. The van der Waals surface area contributed by atoms with E-state index in [1.165, 1.54) is 16.7 Å². The van der Waals surface area contributed by atoms with Gasteiger partial charge in [-0.3, -0.25) is 4.79 Å². The molecular weight excluding hydrogens is 412 g/mol. The van der Waals surface area contributed by atoms with E-state index in [2.05, 4.69) is 80.5 Å². The molecule has 0 aliphatic carbocycles. The van der Waals surface area contributed by atoms with Crippen molar-refractivity contribution in [1.82, 2.24) is 5.43 Å². The van der Waals surface area contributed by atoms with Crippen LogP contribution in [0.4, 0.5) is 11.4 Å². The lowest BCUT2D eigenvalue weighted by Crippen LogP contribution is -2.45. The Morgan fingerprint density at radius 1 is 1.15 bits per heavy atom. The lowest BCUT2D eigenvalue weighted by molar-refractivity contribution is -0.119. The number of allylic oxidation sites excluding steroid dienone is 1. The van der Waals surface area contributed by atoms with E-state index < -0.39 is 0 Å². The van der Waals surface area contributed by atoms with Crippen molar-refractivity contribution >= 4 is 29.1 Å². The van der Waals surface area contributed by atoms with Crippen LogP contribution in [0.5, 0.6) is 5.75 Å². The van der Waals surface area contributed by atoms with Gasteiger partial charge in [-0.05, 0) is 75.9 Å².